The third-order valence-electron chi connectivity index (χ3n) is 1.92. The normalized spacial score (nSPS) is 13.4. The van der Waals surface area contributed by atoms with E-state index in [2.05, 4.69) is 0 Å². The molecule has 0 aliphatic carbocycles. The lowest BCUT2D eigenvalue weighted by Gasteiger charge is -2.14. The largest absolute Gasteiger partial charge is 0.388 e. The molecule has 0 saturated heterocycles. The number of hydrogen-bond donors (Lipinski definition) is 1. The fourth-order valence-electron chi connectivity index (χ4n) is 1.08. The molecule has 0 saturated carbocycles. The van der Waals surface area contributed by atoms with Gasteiger partial charge in [-0.1, -0.05) is 19.9 Å². The predicted octanol–water partition coefficient (Wildman–Crippen LogP) is 2.65. The van der Waals surface area contributed by atoms with Gasteiger partial charge in [0, 0.05) is 0 Å². The minimum absolute atomic E-state index is 0.00939. The highest BCUT2D eigenvalue weighted by molar-refractivity contribution is 5.20. The molecule has 0 aliphatic heterocycles. The molecule has 0 fully saturated rings. The quantitative estimate of drug-likeness (QED) is 0.752. The molecule has 0 amide bonds. The van der Waals surface area contributed by atoms with Crippen LogP contribution in [0.2, 0.25) is 0 Å². The van der Waals surface area contributed by atoms with Gasteiger partial charge in [-0.25, -0.2) is 8.78 Å². The number of hydrogen-bond acceptors (Lipinski definition) is 1. The van der Waals surface area contributed by atoms with Gasteiger partial charge in [-0.2, -0.15) is 0 Å². The van der Waals surface area contributed by atoms with Crippen LogP contribution in [0, 0.1) is 17.6 Å². The second kappa shape index (κ2) is 3.83. The number of aliphatic hydroxyl groups is 1. The molecule has 0 aromatic heterocycles. The Morgan fingerprint density at radius 3 is 2.23 bits per heavy atom. The highest BCUT2D eigenvalue weighted by atomic mass is 19.2. The summed E-state index contributed by atoms with van der Waals surface area (Å²) in [6, 6.07) is 3.44. The topological polar surface area (TPSA) is 20.2 Å². The van der Waals surface area contributed by atoms with E-state index in [1.54, 1.807) is 0 Å². The van der Waals surface area contributed by atoms with Crippen molar-refractivity contribution < 1.29 is 13.9 Å². The van der Waals surface area contributed by atoms with Gasteiger partial charge in [0.25, 0.3) is 0 Å². The van der Waals surface area contributed by atoms with Crippen molar-refractivity contribution in [1.82, 2.24) is 0 Å². The van der Waals surface area contributed by atoms with Crippen LogP contribution >= 0.6 is 0 Å². The molecule has 1 aromatic rings. The molecule has 0 radical (unpaired) electrons. The number of halogens is 2. The molecule has 0 spiro atoms. The Kier molecular flexibility index (Phi) is 2.98. The van der Waals surface area contributed by atoms with Gasteiger partial charge >= 0.3 is 0 Å². The van der Waals surface area contributed by atoms with Gasteiger partial charge in [0.05, 0.1) is 6.10 Å². The van der Waals surface area contributed by atoms with Gasteiger partial charge in [0.15, 0.2) is 11.6 Å². The lowest BCUT2D eigenvalue weighted by atomic mass is 9.99. The summed E-state index contributed by atoms with van der Waals surface area (Å²) in [6.45, 7) is 3.62. The molecular formula is C10H12F2O. The van der Waals surface area contributed by atoms with Crippen LogP contribution in [0.4, 0.5) is 8.78 Å². The van der Waals surface area contributed by atoms with Gasteiger partial charge in [-0.3, -0.25) is 0 Å². The predicted molar refractivity (Wildman–Crippen MR) is 46.2 cm³/mol. The number of rotatable bonds is 2. The van der Waals surface area contributed by atoms with Crippen molar-refractivity contribution in [1.29, 1.82) is 0 Å². The monoisotopic (exact) mass is 186 g/mol. The van der Waals surface area contributed by atoms with Crippen molar-refractivity contribution in [2.75, 3.05) is 0 Å². The summed E-state index contributed by atoms with van der Waals surface area (Å²) < 4.78 is 25.2. The van der Waals surface area contributed by atoms with Crippen molar-refractivity contribution in [2.45, 2.75) is 20.0 Å². The van der Waals surface area contributed by atoms with Crippen molar-refractivity contribution in [2.24, 2.45) is 5.92 Å². The van der Waals surface area contributed by atoms with E-state index in [1.165, 1.54) is 6.07 Å². The van der Waals surface area contributed by atoms with E-state index in [0.29, 0.717) is 5.56 Å². The molecule has 1 rings (SSSR count). The molecule has 0 aliphatic rings. The molecule has 13 heavy (non-hydrogen) atoms. The highest BCUT2D eigenvalue weighted by Crippen LogP contribution is 2.22. The summed E-state index contributed by atoms with van der Waals surface area (Å²) in [4.78, 5) is 0. The van der Waals surface area contributed by atoms with Gasteiger partial charge in [-0.05, 0) is 23.6 Å². The Labute approximate surface area is 76.0 Å². The number of aliphatic hydroxyl groups excluding tert-OH is 1. The lowest BCUT2D eigenvalue weighted by molar-refractivity contribution is 0.126. The average molecular weight is 186 g/mol. The smallest absolute Gasteiger partial charge is 0.159 e. The molecule has 0 bridgehead atoms. The van der Waals surface area contributed by atoms with Crippen molar-refractivity contribution in [3.05, 3.63) is 35.4 Å². The first-order valence-corrected chi connectivity index (χ1v) is 4.15. The van der Waals surface area contributed by atoms with Gasteiger partial charge in [0.2, 0.25) is 0 Å². The SMILES string of the molecule is CC(C)[C@@H](O)c1ccc(F)c(F)c1. The van der Waals surface area contributed by atoms with Crippen molar-refractivity contribution in [3.8, 4) is 0 Å². The van der Waals surface area contributed by atoms with E-state index in [9.17, 15) is 13.9 Å². The maximum atomic E-state index is 12.7. The zero-order valence-corrected chi connectivity index (χ0v) is 7.59. The second-order valence-corrected chi connectivity index (χ2v) is 3.36. The molecule has 0 heterocycles. The molecule has 1 aromatic carbocycles. The van der Waals surface area contributed by atoms with Crippen LogP contribution in [0.3, 0.4) is 0 Å². The Balaban J connectivity index is 2.97. The zero-order valence-electron chi connectivity index (χ0n) is 7.59. The van der Waals surface area contributed by atoms with Crippen molar-refractivity contribution >= 4 is 0 Å². The highest BCUT2D eigenvalue weighted by Gasteiger charge is 2.13. The van der Waals surface area contributed by atoms with Crippen molar-refractivity contribution in [3.63, 3.8) is 0 Å². The fraction of sp³-hybridized carbons (Fsp3) is 0.400. The van der Waals surface area contributed by atoms with Gasteiger partial charge < -0.3 is 5.11 Å². The fourth-order valence-corrected chi connectivity index (χ4v) is 1.08. The van der Waals surface area contributed by atoms with Gasteiger partial charge in [0.1, 0.15) is 0 Å². The van der Waals surface area contributed by atoms with Crippen LogP contribution in [-0.2, 0) is 0 Å². The summed E-state index contributed by atoms with van der Waals surface area (Å²) >= 11 is 0. The molecule has 1 nitrogen and oxygen atoms in total. The maximum absolute atomic E-state index is 12.7. The zero-order chi connectivity index (χ0) is 10.0. The van der Waals surface area contributed by atoms with Crippen LogP contribution in [-0.4, -0.2) is 5.11 Å². The third kappa shape index (κ3) is 2.25. The Morgan fingerprint density at radius 2 is 1.77 bits per heavy atom. The Bertz CT molecular complexity index is 297. The van der Waals surface area contributed by atoms with Crippen LogP contribution in [0.1, 0.15) is 25.5 Å². The average Bonchev–Trinajstić information content (AvgIpc) is 2.08. The summed E-state index contributed by atoms with van der Waals surface area (Å²) in [7, 11) is 0. The van der Waals surface area contributed by atoms with Gasteiger partial charge in [-0.15, -0.1) is 0 Å². The standard InChI is InChI=1S/C10H12F2O/c1-6(2)10(13)7-3-4-8(11)9(12)5-7/h3-6,10,13H,1-2H3/t10-/m1/s1. The third-order valence-corrected chi connectivity index (χ3v) is 1.92. The second-order valence-electron chi connectivity index (χ2n) is 3.36. The van der Waals surface area contributed by atoms with Crippen LogP contribution in [0.25, 0.3) is 0 Å². The Morgan fingerprint density at radius 1 is 1.15 bits per heavy atom. The molecule has 0 unspecified atom stereocenters. The first-order valence-electron chi connectivity index (χ1n) is 4.15. The molecule has 1 N–H and O–H groups in total. The lowest BCUT2D eigenvalue weighted by Crippen LogP contribution is -2.05. The number of benzene rings is 1. The molecule has 3 heteroatoms. The van der Waals surface area contributed by atoms with E-state index >= 15 is 0 Å². The van der Waals surface area contributed by atoms with E-state index in [1.807, 2.05) is 13.8 Å². The van der Waals surface area contributed by atoms with Crippen LogP contribution in [0.5, 0.6) is 0 Å². The van der Waals surface area contributed by atoms with Crippen LogP contribution < -0.4 is 0 Å². The first-order chi connectivity index (χ1) is 6.02. The molecule has 1 atom stereocenters. The van der Waals surface area contributed by atoms with E-state index in [4.69, 9.17) is 0 Å². The molecule has 72 valence electrons. The first kappa shape index (κ1) is 10.1. The summed E-state index contributed by atoms with van der Waals surface area (Å²) in [5.74, 6) is -1.82. The summed E-state index contributed by atoms with van der Waals surface area (Å²) in [5, 5.41) is 9.52. The van der Waals surface area contributed by atoms with E-state index in [0.717, 1.165) is 12.1 Å². The summed E-state index contributed by atoms with van der Waals surface area (Å²) in [6.07, 6.45) is -0.741. The molecular weight excluding hydrogens is 174 g/mol. The summed E-state index contributed by atoms with van der Waals surface area (Å²) in [5.41, 5.74) is 0.411. The Hall–Kier alpha value is -0.960. The van der Waals surface area contributed by atoms with E-state index < -0.39 is 17.7 Å². The maximum Gasteiger partial charge on any atom is 0.159 e. The minimum atomic E-state index is -0.919. The van der Waals surface area contributed by atoms with Crippen LogP contribution in [0.15, 0.2) is 18.2 Å². The minimum Gasteiger partial charge on any atom is -0.388 e. The van der Waals surface area contributed by atoms with E-state index in [-0.39, 0.29) is 5.92 Å².